The first-order valence-electron chi connectivity index (χ1n) is 6.26. The van der Waals surface area contributed by atoms with Crippen LogP contribution in [0.2, 0.25) is 5.02 Å². The fourth-order valence-electron chi connectivity index (χ4n) is 1.63. The maximum atomic E-state index is 6.13. The van der Waals surface area contributed by atoms with E-state index in [0.717, 1.165) is 10.9 Å². The first-order chi connectivity index (χ1) is 9.61. The second-order valence-electron chi connectivity index (χ2n) is 4.19. The van der Waals surface area contributed by atoms with Gasteiger partial charge in [-0.15, -0.1) is 0 Å². The molecule has 0 aromatic heterocycles. The van der Waals surface area contributed by atoms with Crippen LogP contribution in [0.15, 0.2) is 40.9 Å². The van der Waals surface area contributed by atoms with Gasteiger partial charge in [0, 0.05) is 4.47 Å². The monoisotopic (exact) mass is 355 g/mol. The normalized spacial score (nSPS) is 10.3. The van der Waals surface area contributed by atoms with Gasteiger partial charge < -0.3 is 15.2 Å². The molecule has 0 unspecified atom stereocenters. The van der Waals surface area contributed by atoms with Crippen molar-refractivity contribution in [2.45, 2.75) is 13.3 Å². The van der Waals surface area contributed by atoms with Crippen LogP contribution in [0.4, 0.5) is 5.69 Å². The molecule has 106 valence electrons. The molecular weight excluding hydrogens is 342 g/mol. The van der Waals surface area contributed by atoms with Crippen LogP contribution in [-0.4, -0.2) is 6.61 Å². The van der Waals surface area contributed by atoms with E-state index in [1.807, 2.05) is 25.1 Å². The summed E-state index contributed by atoms with van der Waals surface area (Å²) in [5.74, 6) is 1.70. The van der Waals surface area contributed by atoms with Crippen LogP contribution in [0.25, 0.3) is 0 Å². The van der Waals surface area contributed by atoms with Crippen molar-refractivity contribution in [3.05, 3.63) is 45.9 Å². The van der Waals surface area contributed by atoms with Crippen LogP contribution >= 0.6 is 27.5 Å². The maximum Gasteiger partial charge on any atom is 0.154 e. The number of hydrogen-bond donors (Lipinski definition) is 1. The van der Waals surface area contributed by atoms with E-state index >= 15 is 0 Å². The third-order valence-electron chi connectivity index (χ3n) is 2.60. The molecule has 0 saturated carbocycles. The van der Waals surface area contributed by atoms with Crippen LogP contribution in [0.1, 0.15) is 13.3 Å². The maximum absolute atomic E-state index is 6.13. The van der Waals surface area contributed by atoms with Crippen LogP contribution in [-0.2, 0) is 0 Å². The third kappa shape index (κ3) is 3.58. The predicted octanol–water partition coefficient (Wildman–Crippen LogP) is 5.27. The summed E-state index contributed by atoms with van der Waals surface area (Å²) < 4.78 is 12.2. The molecule has 0 aliphatic carbocycles. The molecule has 0 fully saturated rings. The highest BCUT2D eigenvalue weighted by Crippen LogP contribution is 2.37. The average molecular weight is 357 g/mol. The number of halogens is 2. The van der Waals surface area contributed by atoms with Crippen molar-refractivity contribution >= 4 is 33.2 Å². The van der Waals surface area contributed by atoms with E-state index in [4.69, 9.17) is 26.8 Å². The summed E-state index contributed by atoms with van der Waals surface area (Å²) in [5, 5.41) is 0.513. The first kappa shape index (κ1) is 15.0. The van der Waals surface area contributed by atoms with Gasteiger partial charge in [-0.25, -0.2) is 0 Å². The van der Waals surface area contributed by atoms with E-state index in [9.17, 15) is 0 Å². The van der Waals surface area contributed by atoms with Gasteiger partial charge in [0.15, 0.2) is 5.75 Å². The Morgan fingerprint density at radius 1 is 1.15 bits per heavy atom. The lowest BCUT2D eigenvalue weighted by Crippen LogP contribution is -2.00. The summed E-state index contributed by atoms with van der Waals surface area (Å²) in [6.45, 7) is 2.66. The standard InChI is InChI=1S/C15H15BrClNO2/c1-2-8-19-13-4-3-5-14(15(13)18)20-12-7-6-10(16)9-11(12)17/h3-7,9H,2,8,18H2,1H3. The highest BCUT2D eigenvalue weighted by molar-refractivity contribution is 9.10. The lowest BCUT2D eigenvalue weighted by molar-refractivity contribution is 0.318. The van der Waals surface area contributed by atoms with Gasteiger partial charge in [0.25, 0.3) is 0 Å². The second-order valence-corrected chi connectivity index (χ2v) is 5.52. The van der Waals surface area contributed by atoms with E-state index in [0.29, 0.717) is 34.6 Å². The molecule has 0 bridgehead atoms. The number of anilines is 1. The SMILES string of the molecule is CCCOc1cccc(Oc2ccc(Br)cc2Cl)c1N. The quantitative estimate of drug-likeness (QED) is 0.743. The van der Waals surface area contributed by atoms with Crippen molar-refractivity contribution in [1.82, 2.24) is 0 Å². The summed E-state index contributed by atoms with van der Waals surface area (Å²) in [6.07, 6.45) is 0.920. The number of rotatable bonds is 5. The predicted molar refractivity (Wildman–Crippen MR) is 85.9 cm³/mol. The van der Waals surface area contributed by atoms with E-state index < -0.39 is 0 Å². The molecule has 2 aromatic rings. The fraction of sp³-hybridized carbons (Fsp3) is 0.200. The molecule has 0 heterocycles. The average Bonchev–Trinajstić information content (AvgIpc) is 2.42. The Labute approximate surface area is 131 Å². The topological polar surface area (TPSA) is 44.5 Å². The Morgan fingerprint density at radius 2 is 1.90 bits per heavy atom. The summed E-state index contributed by atoms with van der Waals surface area (Å²) in [7, 11) is 0. The van der Waals surface area contributed by atoms with Gasteiger partial charge in [0.2, 0.25) is 0 Å². The van der Waals surface area contributed by atoms with Gasteiger partial charge in [-0.3, -0.25) is 0 Å². The van der Waals surface area contributed by atoms with Crippen LogP contribution in [0.5, 0.6) is 17.2 Å². The Hall–Kier alpha value is -1.39. The first-order valence-corrected chi connectivity index (χ1v) is 7.43. The minimum Gasteiger partial charge on any atom is -0.491 e. The van der Waals surface area contributed by atoms with Gasteiger partial charge >= 0.3 is 0 Å². The molecule has 0 amide bonds. The van der Waals surface area contributed by atoms with E-state index in [1.165, 1.54) is 0 Å². The molecule has 0 radical (unpaired) electrons. The molecule has 5 heteroatoms. The number of nitrogens with two attached hydrogens (primary N) is 1. The largest absolute Gasteiger partial charge is 0.491 e. The van der Waals surface area contributed by atoms with Crippen molar-refractivity contribution in [1.29, 1.82) is 0 Å². The molecule has 2 N–H and O–H groups in total. The highest BCUT2D eigenvalue weighted by Gasteiger charge is 2.10. The number of para-hydroxylation sites is 1. The van der Waals surface area contributed by atoms with Crippen molar-refractivity contribution in [3.63, 3.8) is 0 Å². The molecule has 0 atom stereocenters. The van der Waals surface area contributed by atoms with Gasteiger partial charge in [0.1, 0.15) is 17.2 Å². The Kier molecular flexibility index (Phi) is 5.15. The van der Waals surface area contributed by atoms with Gasteiger partial charge in [-0.2, -0.15) is 0 Å². The van der Waals surface area contributed by atoms with Gasteiger partial charge in [0.05, 0.1) is 11.6 Å². The number of nitrogen functional groups attached to an aromatic ring is 1. The zero-order chi connectivity index (χ0) is 14.5. The third-order valence-corrected chi connectivity index (χ3v) is 3.39. The van der Waals surface area contributed by atoms with E-state index in [-0.39, 0.29) is 0 Å². The zero-order valence-corrected chi connectivity index (χ0v) is 13.4. The van der Waals surface area contributed by atoms with Crippen LogP contribution in [0.3, 0.4) is 0 Å². The number of ether oxygens (including phenoxy) is 2. The smallest absolute Gasteiger partial charge is 0.154 e. The molecule has 0 aliphatic heterocycles. The molecule has 2 rings (SSSR count). The zero-order valence-electron chi connectivity index (χ0n) is 11.0. The molecule has 20 heavy (non-hydrogen) atoms. The van der Waals surface area contributed by atoms with Crippen molar-refractivity contribution < 1.29 is 9.47 Å². The van der Waals surface area contributed by atoms with E-state index in [2.05, 4.69) is 15.9 Å². The summed E-state index contributed by atoms with van der Waals surface area (Å²) in [4.78, 5) is 0. The Morgan fingerprint density at radius 3 is 2.60 bits per heavy atom. The number of benzene rings is 2. The molecule has 3 nitrogen and oxygen atoms in total. The lowest BCUT2D eigenvalue weighted by Gasteiger charge is -2.13. The Balaban J connectivity index is 2.24. The summed E-state index contributed by atoms with van der Waals surface area (Å²) in [6, 6.07) is 10.8. The molecular formula is C15H15BrClNO2. The number of hydrogen-bond acceptors (Lipinski definition) is 3. The fourth-order valence-corrected chi connectivity index (χ4v) is 2.34. The van der Waals surface area contributed by atoms with Gasteiger partial charge in [-0.05, 0) is 36.8 Å². The van der Waals surface area contributed by atoms with E-state index in [1.54, 1.807) is 18.2 Å². The minimum absolute atomic E-state index is 0.472. The van der Waals surface area contributed by atoms with Gasteiger partial charge in [-0.1, -0.05) is 40.5 Å². The second kappa shape index (κ2) is 6.86. The summed E-state index contributed by atoms with van der Waals surface area (Å²) in [5.41, 5.74) is 6.52. The molecule has 2 aromatic carbocycles. The minimum atomic E-state index is 0.472. The highest BCUT2D eigenvalue weighted by atomic mass is 79.9. The lowest BCUT2D eigenvalue weighted by atomic mass is 10.2. The van der Waals surface area contributed by atoms with Crippen LogP contribution < -0.4 is 15.2 Å². The summed E-state index contributed by atoms with van der Waals surface area (Å²) >= 11 is 9.48. The molecule has 0 spiro atoms. The Bertz CT molecular complexity index is 604. The van der Waals surface area contributed by atoms with Crippen molar-refractivity contribution in [2.24, 2.45) is 0 Å². The molecule has 0 aliphatic rings. The van der Waals surface area contributed by atoms with Crippen molar-refractivity contribution in [3.8, 4) is 17.2 Å². The van der Waals surface area contributed by atoms with Crippen molar-refractivity contribution in [2.75, 3.05) is 12.3 Å². The van der Waals surface area contributed by atoms with Crippen LogP contribution in [0, 0.1) is 0 Å². The molecule has 0 saturated heterocycles.